The molecule has 10 heteroatoms. The molecular weight excluding hydrogens is 442 g/mol. The van der Waals surface area contributed by atoms with Crippen molar-refractivity contribution >= 4 is 46.8 Å². The molecule has 1 aromatic rings. The molecule has 2 aliphatic rings. The third-order valence-corrected chi connectivity index (χ3v) is 6.46. The average Bonchev–Trinajstić information content (AvgIpc) is 3.17. The normalized spacial score (nSPS) is 16.2. The van der Waals surface area contributed by atoms with Crippen LogP contribution in [0.5, 0.6) is 5.75 Å². The number of likely N-dealkylation sites (tertiary alicyclic amines) is 1. The predicted molar refractivity (Wildman–Crippen MR) is 121 cm³/mol. The van der Waals surface area contributed by atoms with Crippen molar-refractivity contribution < 1.29 is 23.9 Å². The Morgan fingerprint density at radius 1 is 1.32 bits per heavy atom. The molecule has 8 nitrogen and oxygen atoms in total. The Bertz CT molecular complexity index is 905. The second-order valence-corrected chi connectivity index (χ2v) is 8.67. The fraction of sp³-hybridized carbons (Fsp3) is 0.476. The van der Waals surface area contributed by atoms with Crippen molar-refractivity contribution in [3.05, 3.63) is 33.4 Å². The Hall–Kier alpha value is -2.39. The Morgan fingerprint density at radius 2 is 2.13 bits per heavy atom. The zero-order valence-corrected chi connectivity index (χ0v) is 19.2. The molecule has 1 aromatic carbocycles. The monoisotopic (exact) mass is 467 g/mol. The van der Waals surface area contributed by atoms with Crippen molar-refractivity contribution in [3.63, 3.8) is 0 Å². The number of hydrogen-bond donors (Lipinski definition) is 2. The standard InChI is InChI=1S/C21H26ClN3O5S/c1-13-19(31-10-9-30-13)21(28)24-16-12-17(29-2)14(11-15(16)22)20(27)23-6-4-8-25-7-3-5-18(25)26/h11-12H,3-10H2,1-2H3,(H,23,27)(H,24,28). The van der Waals surface area contributed by atoms with Crippen molar-refractivity contribution in [2.24, 2.45) is 0 Å². The molecule has 168 valence electrons. The molecule has 2 aliphatic heterocycles. The van der Waals surface area contributed by atoms with Gasteiger partial charge in [-0.05, 0) is 25.8 Å². The molecule has 0 radical (unpaired) electrons. The van der Waals surface area contributed by atoms with Crippen LogP contribution in [0.3, 0.4) is 0 Å². The van der Waals surface area contributed by atoms with Crippen LogP contribution in [-0.4, -0.2) is 61.7 Å². The van der Waals surface area contributed by atoms with Crippen LogP contribution in [0.15, 0.2) is 22.8 Å². The van der Waals surface area contributed by atoms with Gasteiger partial charge in [0.2, 0.25) is 5.91 Å². The van der Waals surface area contributed by atoms with Crippen molar-refractivity contribution in [1.29, 1.82) is 0 Å². The van der Waals surface area contributed by atoms with E-state index < -0.39 is 0 Å². The van der Waals surface area contributed by atoms with E-state index in [4.69, 9.17) is 21.1 Å². The Kier molecular flexibility index (Phi) is 8.09. The highest BCUT2D eigenvalue weighted by molar-refractivity contribution is 8.04. The van der Waals surface area contributed by atoms with E-state index in [-0.39, 0.29) is 28.3 Å². The average molecular weight is 468 g/mol. The van der Waals surface area contributed by atoms with E-state index in [9.17, 15) is 14.4 Å². The molecule has 2 N–H and O–H groups in total. The van der Waals surface area contributed by atoms with Crippen LogP contribution in [0.25, 0.3) is 0 Å². The molecule has 2 heterocycles. The summed E-state index contributed by atoms with van der Waals surface area (Å²) in [7, 11) is 1.45. The molecule has 1 saturated heterocycles. The fourth-order valence-corrected chi connectivity index (χ4v) is 4.44. The minimum absolute atomic E-state index is 0.168. The Labute approximate surface area is 190 Å². The van der Waals surface area contributed by atoms with Crippen LogP contribution in [0.2, 0.25) is 5.02 Å². The molecule has 0 atom stereocenters. The van der Waals surface area contributed by atoms with E-state index in [0.29, 0.717) is 60.4 Å². The summed E-state index contributed by atoms with van der Waals surface area (Å²) in [5, 5.41) is 5.81. The highest BCUT2D eigenvalue weighted by Crippen LogP contribution is 2.33. The van der Waals surface area contributed by atoms with Crippen LogP contribution in [0, 0.1) is 0 Å². The van der Waals surface area contributed by atoms with E-state index in [1.165, 1.54) is 31.0 Å². The number of thioether (sulfide) groups is 1. The predicted octanol–water partition coefficient (Wildman–Crippen LogP) is 3.02. The zero-order valence-electron chi connectivity index (χ0n) is 17.6. The number of benzene rings is 1. The summed E-state index contributed by atoms with van der Waals surface area (Å²) in [6.45, 7) is 4.15. The van der Waals surface area contributed by atoms with Crippen LogP contribution in [-0.2, 0) is 14.3 Å². The summed E-state index contributed by atoms with van der Waals surface area (Å²) in [5.41, 5.74) is 0.618. The molecule has 3 amide bonds. The number of carbonyl (C=O) groups excluding carboxylic acids is 3. The second kappa shape index (κ2) is 10.8. The first-order chi connectivity index (χ1) is 14.9. The van der Waals surface area contributed by atoms with Crippen LogP contribution < -0.4 is 15.4 Å². The first kappa shape index (κ1) is 23.3. The summed E-state index contributed by atoms with van der Waals surface area (Å²) in [5.74, 6) is 1.08. The first-order valence-electron chi connectivity index (χ1n) is 10.1. The van der Waals surface area contributed by atoms with Gasteiger partial charge in [0.1, 0.15) is 16.4 Å². The lowest BCUT2D eigenvalue weighted by atomic mass is 10.1. The van der Waals surface area contributed by atoms with Crippen LogP contribution in [0.1, 0.15) is 36.5 Å². The van der Waals surface area contributed by atoms with Gasteiger partial charge in [-0.3, -0.25) is 14.4 Å². The number of rotatable bonds is 8. The van der Waals surface area contributed by atoms with Gasteiger partial charge in [0, 0.05) is 37.9 Å². The van der Waals surface area contributed by atoms with Gasteiger partial charge in [-0.1, -0.05) is 11.6 Å². The Morgan fingerprint density at radius 3 is 2.81 bits per heavy atom. The summed E-state index contributed by atoms with van der Waals surface area (Å²) >= 11 is 7.76. The number of allylic oxidation sites excluding steroid dienone is 1. The van der Waals surface area contributed by atoms with E-state index >= 15 is 0 Å². The summed E-state index contributed by atoms with van der Waals surface area (Å²) in [6, 6.07) is 3.00. The summed E-state index contributed by atoms with van der Waals surface area (Å²) in [6.07, 6.45) is 2.16. The third kappa shape index (κ3) is 5.86. The topological polar surface area (TPSA) is 97.0 Å². The van der Waals surface area contributed by atoms with Gasteiger partial charge in [-0.15, -0.1) is 11.8 Å². The van der Waals surface area contributed by atoms with E-state index in [2.05, 4.69) is 10.6 Å². The maximum absolute atomic E-state index is 12.6. The van der Waals surface area contributed by atoms with Gasteiger partial charge >= 0.3 is 0 Å². The first-order valence-corrected chi connectivity index (χ1v) is 11.5. The van der Waals surface area contributed by atoms with Gasteiger partial charge in [0.25, 0.3) is 11.8 Å². The molecule has 31 heavy (non-hydrogen) atoms. The zero-order chi connectivity index (χ0) is 22.4. The largest absolute Gasteiger partial charge is 0.496 e. The van der Waals surface area contributed by atoms with Crippen LogP contribution in [0.4, 0.5) is 5.69 Å². The number of halogens is 1. The SMILES string of the molecule is COc1cc(NC(=O)C2=C(C)OCCS2)c(Cl)cc1C(=O)NCCCN1CCCC1=O. The quantitative estimate of drug-likeness (QED) is 0.570. The minimum Gasteiger partial charge on any atom is -0.496 e. The van der Waals surface area contributed by atoms with Gasteiger partial charge in [-0.25, -0.2) is 0 Å². The number of hydrogen-bond acceptors (Lipinski definition) is 6. The lowest BCUT2D eigenvalue weighted by Crippen LogP contribution is -2.30. The molecule has 0 aromatic heterocycles. The van der Waals surface area contributed by atoms with Crippen LogP contribution >= 0.6 is 23.4 Å². The van der Waals surface area contributed by atoms with Gasteiger partial charge in [-0.2, -0.15) is 0 Å². The van der Waals surface area contributed by atoms with Gasteiger partial charge in [0.15, 0.2) is 0 Å². The number of carbonyl (C=O) groups is 3. The number of nitrogens with one attached hydrogen (secondary N) is 2. The third-order valence-electron chi connectivity index (χ3n) is 5.02. The molecular formula is C21H26ClN3O5S. The number of nitrogens with zero attached hydrogens (tertiary/aromatic N) is 1. The fourth-order valence-electron chi connectivity index (χ4n) is 3.41. The molecule has 0 aliphatic carbocycles. The summed E-state index contributed by atoms with van der Waals surface area (Å²) in [4.78, 5) is 39.1. The molecule has 0 spiro atoms. The maximum Gasteiger partial charge on any atom is 0.265 e. The maximum atomic E-state index is 12.6. The number of ether oxygens (including phenoxy) is 2. The molecule has 1 fully saturated rings. The van der Waals surface area contributed by atoms with Crippen molar-refractivity contribution in [2.75, 3.05) is 44.4 Å². The van der Waals surface area contributed by atoms with Crippen molar-refractivity contribution in [1.82, 2.24) is 10.2 Å². The molecule has 3 rings (SSSR count). The molecule has 0 saturated carbocycles. The van der Waals surface area contributed by atoms with Crippen molar-refractivity contribution in [3.8, 4) is 5.75 Å². The van der Waals surface area contributed by atoms with Gasteiger partial charge in [0.05, 0.1) is 30.0 Å². The number of methoxy groups -OCH3 is 1. The molecule has 0 bridgehead atoms. The summed E-state index contributed by atoms with van der Waals surface area (Å²) < 4.78 is 10.8. The lowest BCUT2D eigenvalue weighted by Gasteiger charge is -2.19. The number of anilines is 1. The van der Waals surface area contributed by atoms with Gasteiger partial charge < -0.3 is 25.0 Å². The highest BCUT2D eigenvalue weighted by Gasteiger charge is 2.22. The minimum atomic E-state index is -0.334. The number of amides is 3. The highest BCUT2D eigenvalue weighted by atomic mass is 35.5. The molecule has 0 unspecified atom stereocenters. The smallest absolute Gasteiger partial charge is 0.265 e. The van der Waals surface area contributed by atoms with E-state index in [0.717, 1.165) is 13.0 Å². The van der Waals surface area contributed by atoms with E-state index in [1.54, 1.807) is 6.92 Å². The lowest BCUT2D eigenvalue weighted by molar-refractivity contribution is -0.127. The van der Waals surface area contributed by atoms with E-state index in [1.807, 2.05) is 4.90 Å². The Balaban J connectivity index is 1.62. The second-order valence-electron chi connectivity index (χ2n) is 7.16. The van der Waals surface area contributed by atoms with Crippen molar-refractivity contribution in [2.45, 2.75) is 26.2 Å².